The quantitative estimate of drug-likeness (QED) is 0.833. The van der Waals surface area contributed by atoms with Crippen LogP contribution in [-0.2, 0) is 9.59 Å². The van der Waals surface area contributed by atoms with Crippen LogP contribution in [-0.4, -0.2) is 41.8 Å². The number of carbonyl (C=O) groups is 3. The van der Waals surface area contributed by atoms with E-state index in [1.165, 1.54) is 0 Å². The first-order valence-electron chi connectivity index (χ1n) is 8.44. The molecule has 1 saturated heterocycles. The highest BCUT2D eigenvalue weighted by atomic mass is 35.5. The van der Waals surface area contributed by atoms with E-state index in [1.54, 1.807) is 29.2 Å². The molecule has 0 aliphatic carbocycles. The first kappa shape index (κ1) is 19.2. The Labute approximate surface area is 152 Å². The lowest BCUT2D eigenvalue weighted by Gasteiger charge is -2.34. The van der Waals surface area contributed by atoms with Crippen LogP contribution in [0.5, 0.6) is 0 Å². The molecule has 1 fully saturated rings. The maximum atomic E-state index is 12.8. The molecule has 0 radical (unpaired) electrons. The van der Waals surface area contributed by atoms with Gasteiger partial charge in [0.25, 0.3) is 5.91 Å². The van der Waals surface area contributed by atoms with Crippen molar-refractivity contribution in [2.24, 2.45) is 17.6 Å². The van der Waals surface area contributed by atoms with Crippen LogP contribution in [0.4, 0.5) is 0 Å². The molecule has 1 aliphatic heterocycles. The van der Waals surface area contributed by atoms with Crippen molar-refractivity contribution in [2.45, 2.75) is 32.7 Å². The zero-order chi connectivity index (χ0) is 18.6. The number of nitrogens with zero attached hydrogens (tertiary/aromatic N) is 1. The summed E-state index contributed by atoms with van der Waals surface area (Å²) in [4.78, 5) is 38.3. The van der Waals surface area contributed by atoms with Crippen molar-refractivity contribution in [3.8, 4) is 0 Å². The van der Waals surface area contributed by atoms with Gasteiger partial charge in [0.2, 0.25) is 11.8 Å². The molecule has 0 aromatic heterocycles. The predicted molar refractivity (Wildman–Crippen MR) is 96.0 cm³/mol. The first-order valence-corrected chi connectivity index (χ1v) is 8.82. The molecule has 0 spiro atoms. The Kier molecular flexibility index (Phi) is 6.42. The van der Waals surface area contributed by atoms with Crippen molar-refractivity contribution in [2.75, 3.05) is 13.1 Å². The van der Waals surface area contributed by atoms with E-state index in [0.29, 0.717) is 36.5 Å². The van der Waals surface area contributed by atoms with Gasteiger partial charge < -0.3 is 16.0 Å². The number of amides is 3. The number of hydrogen-bond acceptors (Lipinski definition) is 3. The molecular weight excluding hydrogens is 342 g/mol. The zero-order valence-corrected chi connectivity index (χ0v) is 15.3. The maximum absolute atomic E-state index is 12.8. The van der Waals surface area contributed by atoms with E-state index in [0.717, 1.165) is 0 Å². The van der Waals surface area contributed by atoms with E-state index in [-0.39, 0.29) is 29.6 Å². The number of carbonyl (C=O) groups excluding carboxylic acids is 3. The molecule has 3 amide bonds. The number of nitrogens with one attached hydrogen (secondary N) is 1. The highest BCUT2D eigenvalue weighted by Gasteiger charge is 2.32. The minimum Gasteiger partial charge on any atom is -0.369 e. The Morgan fingerprint density at radius 1 is 1.20 bits per heavy atom. The molecule has 2 rings (SSSR count). The Hall–Kier alpha value is -2.08. The maximum Gasteiger partial charge on any atom is 0.253 e. The van der Waals surface area contributed by atoms with E-state index in [9.17, 15) is 14.4 Å². The third kappa shape index (κ3) is 4.72. The molecule has 6 nitrogen and oxygen atoms in total. The van der Waals surface area contributed by atoms with Gasteiger partial charge >= 0.3 is 0 Å². The van der Waals surface area contributed by atoms with Crippen molar-refractivity contribution >= 4 is 29.3 Å². The third-order valence-electron chi connectivity index (χ3n) is 4.55. The first-order chi connectivity index (χ1) is 11.8. The molecule has 1 aliphatic rings. The van der Waals surface area contributed by atoms with Gasteiger partial charge in [-0.05, 0) is 30.9 Å². The average Bonchev–Trinajstić information content (AvgIpc) is 2.59. The highest BCUT2D eigenvalue weighted by molar-refractivity contribution is 6.33. The van der Waals surface area contributed by atoms with Gasteiger partial charge in [-0.1, -0.05) is 37.6 Å². The molecule has 1 heterocycles. The van der Waals surface area contributed by atoms with Gasteiger partial charge in [-0.3, -0.25) is 14.4 Å². The van der Waals surface area contributed by atoms with Crippen LogP contribution in [0, 0.1) is 11.8 Å². The Morgan fingerprint density at radius 2 is 1.80 bits per heavy atom. The largest absolute Gasteiger partial charge is 0.369 e. The van der Waals surface area contributed by atoms with Gasteiger partial charge in [0.05, 0.1) is 10.6 Å². The number of halogens is 1. The number of piperidine rings is 1. The number of nitrogens with two attached hydrogens (primary N) is 1. The van der Waals surface area contributed by atoms with Crippen LogP contribution in [0.1, 0.15) is 37.0 Å². The second-order valence-electron chi connectivity index (χ2n) is 6.68. The summed E-state index contributed by atoms with van der Waals surface area (Å²) < 4.78 is 0. The molecule has 1 atom stereocenters. The van der Waals surface area contributed by atoms with Gasteiger partial charge in [0.15, 0.2) is 0 Å². The number of primary amides is 1. The Balaban J connectivity index is 2.05. The van der Waals surface area contributed by atoms with Gasteiger partial charge in [-0.2, -0.15) is 0 Å². The smallest absolute Gasteiger partial charge is 0.253 e. The second kappa shape index (κ2) is 8.34. The summed E-state index contributed by atoms with van der Waals surface area (Å²) in [5.74, 6) is -1.09. The van der Waals surface area contributed by atoms with Crippen molar-refractivity contribution in [3.63, 3.8) is 0 Å². The van der Waals surface area contributed by atoms with Gasteiger partial charge in [0, 0.05) is 19.0 Å². The number of likely N-dealkylation sites (tertiary alicyclic amines) is 1. The van der Waals surface area contributed by atoms with Crippen molar-refractivity contribution in [1.29, 1.82) is 0 Å². The van der Waals surface area contributed by atoms with Crippen molar-refractivity contribution in [3.05, 3.63) is 34.9 Å². The van der Waals surface area contributed by atoms with Crippen LogP contribution < -0.4 is 11.1 Å². The van der Waals surface area contributed by atoms with Crippen LogP contribution in [0.15, 0.2) is 24.3 Å². The monoisotopic (exact) mass is 365 g/mol. The van der Waals surface area contributed by atoms with Crippen LogP contribution in [0.25, 0.3) is 0 Å². The molecule has 1 aromatic rings. The summed E-state index contributed by atoms with van der Waals surface area (Å²) in [5, 5.41) is 3.14. The normalized spacial score (nSPS) is 16.6. The molecule has 25 heavy (non-hydrogen) atoms. The Bertz CT molecular complexity index is 655. The summed E-state index contributed by atoms with van der Waals surface area (Å²) in [6.45, 7) is 4.70. The molecule has 0 bridgehead atoms. The fourth-order valence-electron chi connectivity index (χ4n) is 2.96. The second-order valence-corrected chi connectivity index (χ2v) is 7.08. The fourth-order valence-corrected chi connectivity index (χ4v) is 3.18. The standard InChI is InChI=1S/C18H24ClN3O3/c1-11(2)15(21-17(24)13-5-3-4-6-14(13)19)18(25)22-9-7-12(8-10-22)16(20)23/h3-6,11-12,15H,7-10H2,1-2H3,(H2,20,23)(H,21,24)/t15-/m1/s1. The fraction of sp³-hybridized carbons (Fsp3) is 0.500. The molecule has 0 unspecified atom stereocenters. The minimum absolute atomic E-state index is 0.0761. The summed E-state index contributed by atoms with van der Waals surface area (Å²) in [7, 11) is 0. The van der Waals surface area contributed by atoms with Crippen molar-refractivity contribution in [1.82, 2.24) is 10.2 Å². The highest BCUT2D eigenvalue weighted by Crippen LogP contribution is 2.20. The zero-order valence-electron chi connectivity index (χ0n) is 14.5. The third-order valence-corrected chi connectivity index (χ3v) is 4.88. The SMILES string of the molecule is CC(C)[C@@H](NC(=O)c1ccccc1Cl)C(=O)N1CCC(C(N)=O)CC1. The number of rotatable bonds is 5. The van der Waals surface area contributed by atoms with Crippen LogP contribution in [0.2, 0.25) is 5.02 Å². The molecule has 1 aromatic carbocycles. The summed E-state index contributed by atoms with van der Waals surface area (Å²) in [5.41, 5.74) is 5.67. The van der Waals surface area contributed by atoms with E-state index < -0.39 is 6.04 Å². The van der Waals surface area contributed by atoms with Crippen molar-refractivity contribution < 1.29 is 14.4 Å². The molecule has 7 heteroatoms. The van der Waals surface area contributed by atoms with E-state index >= 15 is 0 Å². The van der Waals surface area contributed by atoms with E-state index in [2.05, 4.69) is 5.32 Å². The van der Waals surface area contributed by atoms with Crippen LogP contribution in [0.3, 0.4) is 0 Å². The number of hydrogen-bond donors (Lipinski definition) is 2. The minimum atomic E-state index is -0.645. The average molecular weight is 366 g/mol. The van der Waals surface area contributed by atoms with Crippen LogP contribution >= 0.6 is 11.6 Å². The lowest BCUT2D eigenvalue weighted by Crippen LogP contribution is -2.53. The van der Waals surface area contributed by atoms with Gasteiger partial charge in [-0.25, -0.2) is 0 Å². The Morgan fingerprint density at radius 3 is 2.32 bits per heavy atom. The summed E-state index contributed by atoms with van der Waals surface area (Å²) >= 11 is 6.06. The molecule has 3 N–H and O–H groups in total. The lowest BCUT2D eigenvalue weighted by atomic mass is 9.94. The molecular formula is C18H24ClN3O3. The summed E-state index contributed by atoms with van der Waals surface area (Å²) in [6.07, 6.45) is 1.12. The van der Waals surface area contributed by atoms with Gasteiger partial charge in [-0.15, -0.1) is 0 Å². The van der Waals surface area contributed by atoms with E-state index in [4.69, 9.17) is 17.3 Å². The lowest BCUT2D eigenvalue weighted by molar-refractivity contribution is -0.137. The van der Waals surface area contributed by atoms with E-state index in [1.807, 2.05) is 13.8 Å². The summed E-state index contributed by atoms with van der Waals surface area (Å²) in [6, 6.07) is 6.08. The molecule has 0 saturated carbocycles. The molecule has 136 valence electrons. The topological polar surface area (TPSA) is 92.5 Å². The number of benzene rings is 1. The predicted octanol–water partition coefficient (Wildman–Crippen LogP) is 1.82. The van der Waals surface area contributed by atoms with Gasteiger partial charge in [0.1, 0.15) is 6.04 Å².